The molecule has 3 aromatic carbocycles. The minimum Gasteiger partial charge on any atom is -0.399 e. The van der Waals surface area contributed by atoms with Crippen molar-refractivity contribution in [2.24, 2.45) is 0 Å². The van der Waals surface area contributed by atoms with Crippen molar-refractivity contribution in [3.63, 3.8) is 0 Å². The lowest BCUT2D eigenvalue weighted by atomic mass is 10.1. The van der Waals surface area contributed by atoms with Crippen LogP contribution in [-0.2, 0) is 4.79 Å². The molecule has 0 aromatic heterocycles. The first-order valence-electron chi connectivity index (χ1n) is 11.0. The molecule has 170 valence electrons. The number of nitrogens with two attached hydrogens (primary N) is 1. The summed E-state index contributed by atoms with van der Waals surface area (Å²) in [5.74, 6) is -1.14. The van der Waals surface area contributed by atoms with E-state index >= 15 is 0 Å². The van der Waals surface area contributed by atoms with Crippen molar-refractivity contribution >= 4 is 40.7 Å². The zero-order chi connectivity index (χ0) is 23.8. The van der Waals surface area contributed by atoms with Gasteiger partial charge in [0.25, 0.3) is 17.7 Å². The lowest BCUT2D eigenvalue weighted by Crippen LogP contribution is -2.49. The number of nitrogen functional groups attached to an aromatic ring is 1. The highest BCUT2D eigenvalue weighted by Gasteiger charge is 2.36. The summed E-state index contributed by atoms with van der Waals surface area (Å²) >= 11 is 0. The molecule has 5 rings (SSSR count). The molecule has 0 atom stereocenters. The van der Waals surface area contributed by atoms with Crippen LogP contribution in [0.5, 0.6) is 0 Å². The van der Waals surface area contributed by atoms with Crippen molar-refractivity contribution in [3.8, 4) is 0 Å². The minimum atomic E-state index is -0.314. The van der Waals surface area contributed by atoms with Gasteiger partial charge in [0.15, 0.2) is 0 Å². The number of nitrogens with zero attached hydrogens (tertiary/aromatic N) is 3. The SMILES string of the molecule is Nc1ccc(C(=O)N2CC(=O)N(CCCN3C(=O)c4ccccc4C3=O)c3ccccc32)cc1. The van der Waals surface area contributed by atoms with Crippen molar-refractivity contribution in [1.29, 1.82) is 0 Å². The van der Waals surface area contributed by atoms with Crippen LogP contribution < -0.4 is 15.5 Å². The van der Waals surface area contributed by atoms with Crippen LogP contribution in [0.2, 0.25) is 0 Å². The molecule has 0 saturated carbocycles. The van der Waals surface area contributed by atoms with Crippen LogP contribution in [0, 0.1) is 0 Å². The Morgan fingerprint density at radius 3 is 1.94 bits per heavy atom. The van der Waals surface area contributed by atoms with Gasteiger partial charge in [0.2, 0.25) is 5.91 Å². The second kappa shape index (κ2) is 8.47. The normalized spacial score (nSPS) is 14.9. The largest absolute Gasteiger partial charge is 0.399 e. The van der Waals surface area contributed by atoms with E-state index in [0.29, 0.717) is 46.7 Å². The number of anilines is 3. The molecule has 0 unspecified atom stereocenters. The number of carbonyl (C=O) groups excluding carboxylic acids is 4. The van der Waals surface area contributed by atoms with E-state index in [-0.39, 0.29) is 36.7 Å². The predicted molar refractivity (Wildman–Crippen MR) is 128 cm³/mol. The first kappa shape index (κ1) is 21.4. The van der Waals surface area contributed by atoms with E-state index < -0.39 is 0 Å². The minimum absolute atomic E-state index is 0.104. The van der Waals surface area contributed by atoms with E-state index in [2.05, 4.69) is 0 Å². The molecule has 0 aliphatic carbocycles. The standard InChI is InChI=1S/C26H22N4O4/c27-18-12-10-17(11-13-18)24(32)30-16-23(31)28(21-8-3-4-9-22(21)30)14-5-15-29-25(33)19-6-1-2-7-20(19)26(29)34/h1-4,6-13H,5,14-16,27H2. The van der Waals surface area contributed by atoms with Crippen LogP contribution in [0.3, 0.4) is 0 Å². The van der Waals surface area contributed by atoms with E-state index in [4.69, 9.17) is 5.73 Å². The van der Waals surface area contributed by atoms with Crippen molar-refractivity contribution in [2.45, 2.75) is 6.42 Å². The lowest BCUT2D eigenvalue weighted by molar-refractivity contribution is -0.117. The number of hydrogen-bond donors (Lipinski definition) is 1. The third-order valence-electron chi connectivity index (χ3n) is 6.10. The van der Waals surface area contributed by atoms with E-state index in [0.717, 1.165) is 0 Å². The van der Waals surface area contributed by atoms with Crippen molar-refractivity contribution < 1.29 is 19.2 Å². The van der Waals surface area contributed by atoms with Gasteiger partial charge in [0.1, 0.15) is 6.54 Å². The smallest absolute Gasteiger partial charge is 0.261 e. The molecule has 8 nitrogen and oxygen atoms in total. The molecular weight excluding hydrogens is 432 g/mol. The Labute approximate surface area is 196 Å². The third-order valence-corrected chi connectivity index (χ3v) is 6.10. The Bertz CT molecular complexity index is 1280. The molecular formula is C26H22N4O4. The first-order valence-corrected chi connectivity index (χ1v) is 11.0. The van der Waals surface area contributed by atoms with E-state index in [9.17, 15) is 19.2 Å². The quantitative estimate of drug-likeness (QED) is 0.472. The number of benzene rings is 3. The number of rotatable bonds is 5. The van der Waals surface area contributed by atoms with Gasteiger partial charge < -0.3 is 10.6 Å². The molecule has 2 heterocycles. The molecule has 2 aliphatic rings. The summed E-state index contributed by atoms with van der Waals surface area (Å²) in [6.07, 6.45) is 0.414. The van der Waals surface area contributed by atoms with E-state index in [1.165, 1.54) is 9.80 Å². The van der Waals surface area contributed by atoms with Crippen LogP contribution in [0.15, 0.2) is 72.8 Å². The molecule has 0 radical (unpaired) electrons. The van der Waals surface area contributed by atoms with Gasteiger partial charge in [-0.25, -0.2) is 0 Å². The molecule has 2 N–H and O–H groups in total. The second-order valence-corrected chi connectivity index (χ2v) is 8.21. The number of amides is 4. The molecule has 3 aromatic rings. The van der Waals surface area contributed by atoms with Gasteiger partial charge in [-0.05, 0) is 55.0 Å². The summed E-state index contributed by atoms with van der Waals surface area (Å²) in [5, 5.41) is 0. The number of hydrogen-bond acceptors (Lipinski definition) is 5. The maximum Gasteiger partial charge on any atom is 0.261 e. The van der Waals surface area contributed by atoms with Crippen LogP contribution in [0.4, 0.5) is 17.1 Å². The summed E-state index contributed by atoms with van der Waals surface area (Å²) in [6.45, 7) is 0.409. The summed E-state index contributed by atoms with van der Waals surface area (Å²) < 4.78 is 0. The number of carbonyl (C=O) groups is 4. The van der Waals surface area contributed by atoms with Gasteiger partial charge in [-0.3, -0.25) is 29.0 Å². The zero-order valence-electron chi connectivity index (χ0n) is 18.3. The molecule has 4 amide bonds. The fourth-order valence-corrected chi connectivity index (χ4v) is 4.40. The van der Waals surface area contributed by atoms with Crippen LogP contribution in [0.25, 0.3) is 0 Å². The Morgan fingerprint density at radius 2 is 1.29 bits per heavy atom. The Hall–Kier alpha value is -4.46. The number of imide groups is 1. The van der Waals surface area contributed by atoms with Crippen molar-refractivity contribution in [1.82, 2.24) is 4.90 Å². The number of fused-ring (bicyclic) bond motifs is 2. The zero-order valence-corrected chi connectivity index (χ0v) is 18.3. The fraction of sp³-hybridized carbons (Fsp3) is 0.154. The highest BCUT2D eigenvalue weighted by atomic mass is 16.2. The fourth-order valence-electron chi connectivity index (χ4n) is 4.40. The molecule has 0 fully saturated rings. The molecule has 0 spiro atoms. The Kier molecular flexibility index (Phi) is 5.33. The summed E-state index contributed by atoms with van der Waals surface area (Å²) in [5.41, 5.74) is 8.77. The molecule has 2 aliphatic heterocycles. The van der Waals surface area contributed by atoms with Gasteiger partial charge in [-0.1, -0.05) is 24.3 Å². The van der Waals surface area contributed by atoms with Crippen molar-refractivity contribution in [2.75, 3.05) is 35.2 Å². The summed E-state index contributed by atoms with van der Waals surface area (Å²) in [6, 6.07) is 20.5. The molecule has 0 bridgehead atoms. The van der Waals surface area contributed by atoms with Crippen molar-refractivity contribution in [3.05, 3.63) is 89.5 Å². The van der Waals surface area contributed by atoms with Gasteiger partial charge >= 0.3 is 0 Å². The highest BCUT2D eigenvalue weighted by molar-refractivity contribution is 6.21. The maximum atomic E-state index is 13.1. The average Bonchev–Trinajstić information content (AvgIpc) is 3.10. The Balaban J connectivity index is 1.32. The van der Waals surface area contributed by atoms with Gasteiger partial charge in [-0.2, -0.15) is 0 Å². The second-order valence-electron chi connectivity index (χ2n) is 8.21. The first-order chi connectivity index (χ1) is 16.5. The monoisotopic (exact) mass is 454 g/mol. The Morgan fingerprint density at radius 1 is 0.735 bits per heavy atom. The highest BCUT2D eigenvalue weighted by Crippen LogP contribution is 2.34. The molecule has 0 saturated heterocycles. The molecule has 8 heteroatoms. The van der Waals surface area contributed by atoms with Gasteiger partial charge in [0.05, 0.1) is 22.5 Å². The maximum absolute atomic E-state index is 13.1. The van der Waals surface area contributed by atoms with Crippen LogP contribution >= 0.6 is 0 Å². The van der Waals surface area contributed by atoms with E-state index in [1.807, 2.05) is 6.07 Å². The average molecular weight is 454 g/mol. The topological polar surface area (TPSA) is 104 Å². The molecule has 34 heavy (non-hydrogen) atoms. The predicted octanol–water partition coefficient (Wildman–Crippen LogP) is 2.95. The number of para-hydroxylation sites is 2. The van der Waals surface area contributed by atoms with E-state index in [1.54, 1.807) is 71.6 Å². The van der Waals surface area contributed by atoms with Gasteiger partial charge in [-0.15, -0.1) is 0 Å². The summed E-state index contributed by atoms with van der Waals surface area (Å²) in [7, 11) is 0. The van der Waals surface area contributed by atoms with Crippen LogP contribution in [-0.4, -0.2) is 48.2 Å². The van der Waals surface area contributed by atoms with Crippen LogP contribution in [0.1, 0.15) is 37.5 Å². The van der Waals surface area contributed by atoms with Gasteiger partial charge in [0, 0.05) is 24.3 Å². The lowest BCUT2D eigenvalue weighted by Gasteiger charge is -2.36. The summed E-state index contributed by atoms with van der Waals surface area (Å²) in [4.78, 5) is 55.7. The third kappa shape index (κ3) is 3.59.